The highest BCUT2D eigenvalue weighted by atomic mass is 32.1. The van der Waals surface area contributed by atoms with Crippen LogP contribution in [0.3, 0.4) is 0 Å². The fourth-order valence-electron chi connectivity index (χ4n) is 2.63. The molecule has 1 amide bonds. The number of ether oxygens (including phenoxy) is 2. The van der Waals surface area contributed by atoms with Crippen LogP contribution in [-0.2, 0) is 0 Å². The quantitative estimate of drug-likeness (QED) is 0.444. The molecule has 3 rings (SSSR count). The highest BCUT2D eigenvalue weighted by molar-refractivity contribution is 7.80. The predicted octanol–water partition coefficient (Wildman–Crippen LogP) is 4.58. The van der Waals surface area contributed by atoms with Gasteiger partial charge in [-0.3, -0.25) is 10.1 Å². The van der Waals surface area contributed by atoms with Gasteiger partial charge in [-0.1, -0.05) is 36.4 Å². The van der Waals surface area contributed by atoms with Crippen molar-refractivity contribution in [2.24, 2.45) is 0 Å². The van der Waals surface area contributed by atoms with Crippen molar-refractivity contribution in [2.75, 3.05) is 18.5 Å². The monoisotopic (exact) mass is 406 g/mol. The van der Waals surface area contributed by atoms with Crippen LogP contribution in [0.1, 0.15) is 15.9 Å². The van der Waals surface area contributed by atoms with Gasteiger partial charge in [0.15, 0.2) is 5.11 Å². The summed E-state index contributed by atoms with van der Waals surface area (Å²) in [6.07, 6.45) is 0. The lowest BCUT2D eigenvalue weighted by molar-refractivity contribution is 0.0977. The molecule has 0 radical (unpaired) electrons. The minimum Gasteiger partial charge on any atom is -0.490 e. The number of thiocarbonyl (C=S) groups is 1. The van der Waals surface area contributed by atoms with Crippen LogP contribution < -0.4 is 20.1 Å². The molecule has 3 aromatic carbocycles. The number of hydrogen-bond acceptors (Lipinski definition) is 4. The number of carbonyl (C=O) groups excluding carboxylic acids is 1. The molecule has 6 heteroatoms. The van der Waals surface area contributed by atoms with Crippen molar-refractivity contribution in [3.05, 3.63) is 90.0 Å². The standard InChI is InChI=1S/C23H22N2O3S/c1-17-7-5-6-10-21(17)22(26)25-23(29)24-18-11-13-20(14-12-18)28-16-15-27-19-8-3-2-4-9-19/h2-14H,15-16H2,1H3,(H2,24,25,26,29). The molecule has 148 valence electrons. The maximum absolute atomic E-state index is 12.3. The van der Waals surface area contributed by atoms with Gasteiger partial charge in [0.25, 0.3) is 5.91 Å². The minimum atomic E-state index is -0.237. The van der Waals surface area contributed by atoms with Crippen LogP contribution in [-0.4, -0.2) is 24.2 Å². The number of aryl methyl sites for hydroxylation is 1. The molecule has 0 saturated heterocycles. The van der Waals surface area contributed by atoms with E-state index in [0.717, 1.165) is 22.7 Å². The summed E-state index contributed by atoms with van der Waals surface area (Å²) < 4.78 is 11.3. The van der Waals surface area contributed by atoms with E-state index >= 15 is 0 Å². The van der Waals surface area contributed by atoms with Gasteiger partial charge in [0.2, 0.25) is 0 Å². The predicted molar refractivity (Wildman–Crippen MR) is 119 cm³/mol. The SMILES string of the molecule is Cc1ccccc1C(=O)NC(=S)Nc1ccc(OCCOc2ccccc2)cc1. The van der Waals surface area contributed by atoms with E-state index in [2.05, 4.69) is 10.6 Å². The van der Waals surface area contributed by atoms with Crippen molar-refractivity contribution in [1.29, 1.82) is 0 Å². The van der Waals surface area contributed by atoms with Crippen LogP contribution in [0.25, 0.3) is 0 Å². The van der Waals surface area contributed by atoms with E-state index in [1.54, 1.807) is 6.07 Å². The van der Waals surface area contributed by atoms with Crippen LogP contribution in [0.15, 0.2) is 78.9 Å². The first-order chi connectivity index (χ1) is 14.1. The number of anilines is 1. The van der Waals surface area contributed by atoms with Gasteiger partial charge in [-0.2, -0.15) is 0 Å². The Labute approximate surface area is 175 Å². The number of benzene rings is 3. The van der Waals surface area contributed by atoms with E-state index in [0.29, 0.717) is 18.8 Å². The van der Waals surface area contributed by atoms with E-state index in [1.807, 2.05) is 79.7 Å². The van der Waals surface area contributed by atoms with Gasteiger partial charge in [0.1, 0.15) is 24.7 Å². The van der Waals surface area contributed by atoms with Gasteiger partial charge in [0, 0.05) is 11.3 Å². The summed E-state index contributed by atoms with van der Waals surface area (Å²) in [5, 5.41) is 5.93. The van der Waals surface area contributed by atoms with Crippen molar-refractivity contribution in [1.82, 2.24) is 5.32 Å². The van der Waals surface area contributed by atoms with Gasteiger partial charge in [0.05, 0.1) is 0 Å². The first-order valence-corrected chi connectivity index (χ1v) is 9.61. The van der Waals surface area contributed by atoms with Gasteiger partial charge >= 0.3 is 0 Å². The Hall–Kier alpha value is -3.38. The Bertz CT molecular complexity index is 959. The van der Waals surface area contributed by atoms with Gasteiger partial charge in [-0.05, 0) is 67.2 Å². The van der Waals surface area contributed by atoms with Crippen molar-refractivity contribution in [3.8, 4) is 11.5 Å². The second-order valence-corrected chi connectivity index (χ2v) is 6.67. The third kappa shape index (κ3) is 6.33. The molecule has 0 heterocycles. The molecule has 0 unspecified atom stereocenters. The number of hydrogen-bond donors (Lipinski definition) is 2. The fraction of sp³-hybridized carbons (Fsp3) is 0.130. The first-order valence-electron chi connectivity index (χ1n) is 9.20. The molecule has 0 bridgehead atoms. The highest BCUT2D eigenvalue weighted by Crippen LogP contribution is 2.16. The smallest absolute Gasteiger partial charge is 0.257 e. The summed E-state index contributed by atoms with van der Waals surface area (Å²) in [5.74, 6) is 1.30. The Kier molecular flexibility index (Phi) is 7.19. The average Bonchev–Trinajstić information content (AvgIpc) is 2.73. The topological polar surface area (TPSA) is 59.6 Å². The van der Waals surface area contributed by atoms with Crippen molar-refractivity contribution in [2.45, 2.75) is 6.92 Å². The van der Waals surface area contributed by atoms with Gasteiger partial charge in [-0.25, -0.2) is 0 Å². The molecule has 0 spiro atoms. The third-order valence-corrected chi connectivity index (χ3v) is 4.30. The van der Waals surface area contributed by atoms with E-state index in [9.17, 15) is 4.79 Å². The van der Waals surface area contributed by atoms with Crippen LogP contribution in [0.5, 0.6) is 11.5 Å². The number of amides is 1. The maximum atomic E-state index is 12.3. The molecular formula is C23H22N2O3S. The molecule has 5 nitrogen and oxygen atoms in total. The number of rotatable bonds is 7. The summed E-state index contributed by atoms with van der Waals surface area (Å²) in [7, 11) is 0. The zero-order valence-corrected chi connectivity index (χ0v) is 16.9. The summed E-state index contributed by atoms with van der Waals surface area (Å²) in [5.41, 5.74) is 2.25. The number of nitrogens with one attached hydrogen (secondary N) is 2. The van der Waals surface area contributed by atoms with Crippen LogP contribution in [0, 0.1) is 6.92 Å². The Morgan fingerprint density at radius 1 is 0.828 bits per heavy atom. The Balaban J connectivity index is 1.43. The van der Waals surface area contributed by atoms with Crippen molar-refractivity contribution >= 4 is 28.9 Å². The Morgan fingerprint density at radius 3 is 2.07 bits per heavy atom. The van der Waals surface area contributed by atoms with Crippen LogP contribution >= 0.6 is 12.2 Å². The first kappa shape index (κ1) is 20.4. The van der Waals surface area contributed by atoms with Crippen LogP contribution in [0.2, 0.25) is 0 Å². The molecule has 0 atom stereocenters. The summed E-state index contributed by atoms with van der Waals surface area (Å²) >= 11 is 5.23. The molecule has 0 aromatic heterocycles. The molecule has 0 aliphatic carbocycles. The lowest BCUT2D eigenvalue weighted by Gasteiger charge is -2.12. The van der Waals surface area contributed by atoms with Crippen LogP contribution in [0.4, 0.5) is 5.69 Å². The van der Waals surface area contributed by atoms with Crippen molar-refractivity contribution in [3.63, 3.8) is 0 Å². The molecule has 29 heavy (non-hydrogen) atoms. The molecule has 3 aromatic rings. The van der Waals surface area contributed by atoms with E-state index in [4.69, 9.17) is 21.7 Å². The van der Waals surface area contributed by atoms with E-state index in [1.165, 1.54) is 0 Å². The van der Waals surface area contributed by atoms with E-state index < -0.39 is 0 Å². The van der Waals surface area contributed by atoms with Gasteiger partial charge in [-0.15, -0.1) is 0 Å². The average molecular weight is 407 g/mol. The molecule has 2 N–H and O–H groups in total. The summed E-state index contributed by atoms with van der Waals surface area (Å²) in [6, 6.07) is 24.3. The second kappa shape index (κ2) is 10.2. The number of para-hydroxylation sites is 1. The largest absolute Gasteiger partial charge is 0.490 e. The Morgan fingerprint density at radius 2 is 1.41 bits per heavy atom. The molecular weight excluding hydrogens is 384 g/mol. The minimum absolute atomic E-state index is 0.237. The lowest BCUT2D eigenvalue weighted by Crippen LogP contribution is -2.34. The normalized spacial score (nSPS) is 10.1. The zero-order valence-electron chi connectivity index (χ0n) is 16.1. The number of carbonyl (C=O) groups is 1. The molecule has 0 fully saturated rings. The highest BCUT2D eigenvalue weighted by Gasteiger charge is 2.10. The van der Waals surface area contributed by atoms with E-state index in [-0.39, 0.29) is 11.0 Å². The maximum Gasteiger partial charge on any atom is 0.257 e. The zero-order chi connectivity index (χ0) is 20.5. The summed E-state index contributed by atoms with van der Waals surface area (Å²) in [6.45, 7) is 2.78. The molecule has 0 aliphatic heterocycles. The lowest BCUT2D eigenvalue weighted by atomic mass is 10.1. The van der Waals surface area contributed by atoms with Crippen molar-refractivity contribution < 1.29 is 14.3 Å². The molecule has 0 saturated carbocycles. The van der Waals surface area contributed by atoms with Gasteiger partial charge < -0.3 is 14.8 Å². The third-order valence-electron chi connectivity index (χ3n) is 4.09. The second-order valence-electron chi connectivity index (χ2n) is 6.26. The summed E-state index contributed by atoms with van der Waals surface area (Å²) in [4.78, 5) is 12.3. The molecule has 0 aliphatic rings. The fourth-order valence-corrected chi connectivity index (χ4v) is 2.84.